The average Bonchev–Trinajstić information content (AvgIpc) is 2.70. The third-order valence-electron chi connectivity index (χ3n) is 3.62. The fourth-order valence-corrected chi connectivity index (χ4v) is 2.44. The summed E-state index contributed by atoms with van der Waals surface area (Å²) in [5.41, 5.74) is 0.634. The first-order valence-electron chi connectivity index (χ1n) is 8.60. The third kappa shape index (κ3) is 5.79. The molecule has 0 unspecified atom stereocenters. The Morgan fingerprint density at radius 2 is 1.90 bits per heavy atom. The molecule has 0 heterocycles. The normalized spacial score (nSPS) is 11.7. The zero-order valence-electron chi connectivity index (χ0n) is 16.1. The minimum absolute atomic E-state index is 0.121. The molecule has 0 spiro atoms. The number of allylic oxidation sites excluding steroid dienone is 1. The molecule has 2 rings (SSSR count). The van der Waals surface area contributed by atoms with Crippen molar-refractivity contribution in [2.75, 3.05) is 19.0 Å². The number of amides is 1. The Morgan fingerprint density at radius 3 is 2.48 bits per heavy atom. The Kier molecular flexibility index (Phi) is 7.73. The molecular formula is C20H20ClN3O5. The molecule has 0 aliphatic carbocycles. The summed E-state index contributed by atoms with van der Waals surface area (Å²) in [6.45, 7) is 3.04. The summed E-state index contributed by atoms with van der Waals surface area (Å²) < 4.78 is 10.1. The molecule has 1 amide bonds. The van der Waals surface area contributed by atoms with Crippen molar-refractivity contribution in [3.63, 3.8) is 0 Å². The number of halogens is 1. The molecule has 8 nitrogen and oxygen atoms in total. The van der Waals surface area contributed by atoms with E-state index in [1.165, 1.54) is 26.2 Å². The van der Waals surface area contributed by atoms with Crippen LogP contribution >= 0.6 is 11.6 Å². The first-order valence-corrected chi connectivity index (χ1v) is 8.97. The largest absolute Gasteiger partial charge is 0.510 e. The lowest BCUT2D eigenvalue weighted by molar-refractivity contribution is -0.138. The van der Waals surface area contributed by atoms with Crippen molar-refractivity contribution in [1.82, 2.24) is 0 Å². The van der Waals surface area contributed by atoms with Crippen LogP contribution in [0.15, 0.2) is 64.1 Å². The number of hydrogen-bond acceptors (Lipinski definition) is 7. The summed E-state index contributed by atoms with van der Waals surface area (Å²) in [7, 11) is 1.42. The molecule has 29 heavy (non-hydrogen) atoms. The molecule has 0 bridgehead atoms. The zero-order valence-corrected chi connectivity index (χ0v) is 16.9. The Labute approximate surface area is 172 Å². The first kappa shape index (κ1) is 21.9. The molecule has 2 aromatic carbocycles. The monoisotopic (exact) mass is 417 g/mol. The predicted octanol–water partition coefficient (Wildman–Crippen LogP) is 5.04. The number of aliphatic hydroxyl groups excluding tert-OH is 1. The van der Waals surface area contributed by atoms with Crippen molar-refractivity contribution in [3.05, 3.63) is 64.5 Å². The molecule has 0 aliphatic heterocycles. The predicted molar refractivity (Wildman–Crippen MR) is 109 cm³/mol. The molecule has 2 aromatic rings. The minimum Gasteiger partial charge on any atom is -0.510 e. The van der Waals surface area contributed by atoms with E-state index in [4.69, 9.17) is 21.1 Å². The summed E-state index contributed by atoms with van der Waals surface area (Å²) in [6, 6.07) is 11.6. The van der Waals surface area contributed by atoms with E-state index in [0.717, 1.165) is 0 Å². The van der Waals surface area contributed by atoms with E-state index in [1.54, 1.807) is 37.3 Å². The highest BCUT2D eigenvalue weighted by atomic mass is 35.5. The summed E-state index contributed by atoms with van der Waals surface area (Å²) in [5, 5.41) is 20.1. The summed E-state index contributed by atoms with van der Waals surface area (Å²) in [5.74, 6) is -1.21. The number of rotatable bonds is 7. The highest BCUT2D eigenvalue weighted by Gasteiger charge is 2.16. The maximum atomic E-state index is 12.4. The second kappa shape index (κ2) is 10.2. The summed E-state index contributed by atoms with van der Waals surface area (Å²) in [4.78, 5) is 24.2. The van der Waals surface area contributed by atoms with E-state index in [-0.39, 0.29) is 40.4 Å². The topological polar surface area (TPSA) is 110 Å². The Hall–Kier alpha value is -3.39. The van der Waals surface area contributed by atoms with E-state index in [1.807, 2.05) is 0 Å². The zero-order chi connectivity index (χ0) is 21.4. The van der Waals surface area contributed by atoms with Gasteiger partial charge in [0, 0.05) is 11.6 Å². The maximum absolute atomic E-state index is 12.4. The highest BCUT2D eigenvalue weighted by molar-refractivity contribution is 6.33. The van der Waals surface area contributed by atoms with Gasteiger partial charge in [0.15, 0.2) is 0 Å². The van der Waals surface area contributed by atoms with Gasteiger partial charge in [-0.2, -0.15) is 0 Å². The van der Waals surface area contributed by atoms with Crippen LogP contribution in [0.5, 0.6) is 5.75 Å². The van der Waals surface area contributed by atoms with E-state index < -0.39 is 5.97 Å². The van der Waals surface area contributed by atoms with Gasteiger partial charge in [-0.1, -0.05) is 29.8 Å². The molecule has 0 aliphatic rings. The SMILES string of the molecule is CCOC(=O)/C(N=Nc1cc(OC)c(NC(=O)c2ccccc2)cc1Cl)=C(\C)O. The van der Waals surface area contributed by atoms with Gasteiger partial charge in [0.1, 0.15) is 17.2 Å². The maximum Gasteiger partial charge on any atom is 0.362 e. The molecular weight excluding hydrogens is 398 g/mol. The Bertz CT molecular complexity index is 954. The van der Waals surface area contributed by atoms with Gasteiger partial charge in [0.2, 0.25) is 5.70 Å². The molecule has 9 heteroatoms. The van der Waals surface area contributed by atoms with Gasteiger partial charge in [-0.25, -0.2) is 4.79 Å². The van der Waals surface area contributed by atoms with Gasteiger partial charge in [-0.15, -0.1) is 10.2 Å². The highest BCUT2D eigenvalue weighted by Crippen LogP contribution is 2.37. The third-order valence-corrected chi connectivity index (χ3v) is 3.93. The number of carbonyl (C=O) groups excluding carboxylic acids is 2. The van der Waals surface area contributed by atoms with E-state index in [0.29, 0.717) is 11.3 Å². The van der Waals surface area contributed by atoms with Gasteiger partial charge in [-0.05, 0) is 32.0 Å². The molecule has 0 atom stereocenters. The lowest BCUT2D eigenvalue weighted by Gasteiger charge is -2.12. The second-order valence-electron chi connectivity index (χ2n) is 5.68. The van der Waals surface area contributed by atoms with Gasteiger partial charge < -0.3 is 19.9 Å². The van der Waals surface area contributed by atoms with Gasteiger partial charge >= 0.3 is 5.97 Å². The quantitative estimate of drug-likeness (QED) is 0.284. The van der Waals surface area contributed by atoms with Gasteiger partial charge in [-0.3, -0.25) is 4.79 Å². The second-order valence-corrected chi connectivity index (χ2v) is 6.09. The lowest BCUT2D eigenvalue weighted by atomic mass is 10.2. The number of carbonyl (C=O) groups is 2. The number of esters is 1. The van der Waals surface area contributed by atoms with Crippen LogP contribution in [0.4, 0.5) is 11.4 Å². The van der Waals surface area contributed by atoms with Crippen molar-refractivity contribution >= 4 is 34.9 Å². The van der Waals surface area contributed by atoms with Crippen LogP contribution < -0.4 is 10.1 Å². The van der Waals surface area contributed by atoms with Crippen molar-refractivity contribution in [2.24, 2.45) is 10.2 Å². The van der Waals surface area contributed by atoms with Crippen LogP contribution in [0, 0.1) is 0 Å². The van der Waals surface area contributed by atoms with E-state index in [2.05, 4.69) is 15.5 Å². The van der Waals surface area contributed by atoms with Crippen molar-refractivity contribution in [1.29, 1.82) is 0 Å². The molecule has 2 N–H and O–H groups in total. The Morgan fingerprint density at radius 1 is 1.21 bits per heavy atom. The number of benzene rings is 2. The molecule has 0 aromatic heterocycles. The van der Waals surface area contributed by atoms with Crippen molar-refractivity contribution in [3.8, 4) is 5.75 Å². The molecule has 152 valence electrons. The van der Waals surface area contributed by atoms with Crippen LogP contribution in [0.25, 0.3) is 0 Å². The number of methoxy groups -OCH3 is 1. The number of aliphatic hydroxyl groups is 1. The number of hydrogen-bond donors (Lipinski definition) is 2. The molecule has 0 fully saturated rings. The fourth-order valence-electron chi connectivity index (χ4n) is 2.23. The van der Waals surface area contributed by atoms with Gasteiger partial charge in [0.05, 0.1) is 24.4 Å². The Balaban J connectivity index is 2.31. The molecule has 0 saturated carbocycles. The van der Waals surface area contributed by atoms with Crippen molar-refractivity contribution < 1.29 is 24.2 Å². The molecule has 0 saturated heterocycles. The van der Waals surface area contributed by atoms with E-state index in [9.17, 15) is 14.7 Å². The average molecular weight is 418 g/mol. The number of nitrogens with zero attached hydrogens (tertiary/aromatic N) is 2. The smallest absolute Gasteiger partial charge is 0.362 e. The molecule has 0 radical (unpaired) electrons. The first-order chi connectivity index (χ1) is 13.9. The van der Waals surface area contributed by atoms with Crippen LogP contribution in [0.3, 0.4) is 0 Å². The number of ether oxygens (including phenoxy) is 2. The lowest BCUT2D eigenvalue weighted by Crippen LogP contribution is -2.12. The number of anilines is 1. The van der Waals surface area contributed by atoms with Crippen LogP contribution in [-0.2, 0) is 9.53 Å². The van der Waals surface area contributed by atoms with Gasteiger partial charge in [0.25, 0.3) is 5.91 Å². The summed E-state index contributed by atoms with van der Waals surface area (Å²) >= 11 is 6.24. The summed E-state index contributed by atoms with van der Waals surface area (Å²) in [6.07, 6.45) is 0. The minimum atomic E-state index is -0.814. The standard InChI is InChI=1S/C20H20ClN3O5/c1-4-29-20(27)18(12(2)25)24-23-15-11-17(28-3)16(10-14(15)21)22-19(26)13-8-6-5-7-9-13/h5-11,25H,4H2,1-3H3,(H,22,26)/b18-12-,24-23?. The number of nitrogens with one attached hydrogen (secondary N) is 1. The number of azo groups is 1. The van der Waals surface area contributed by atoms with Crippen LogP contribution in [0.2, 0.25) is 5.02 Å². The van der Waals surface area contributed by atoms with Crippen LogP contribution in [0.1, 0.15) is 24.2 Å². The van der Waals surface area contributed by atoms with E-state index >= 15 is 0 Å². The fraction of sp³-hybridized carbons (Fsp3) is 0.200. The van der Waals surface area contributed by atoms with Crippen molar-refractivity contribution in [2.45, 2.75) is 13.8 Å². The van der Waals surface area contributed by atoms with Crippen LogP contribution in [-0.4, -0.2) is 30.7 Å².